The third-order valence-corrected chi connectivity index (χ3v) is 6.76. The Morgan fingerprint density at radius 3 is 2.41 bits per heavy atom. The molecule has 0 bridgehead atoms. The van der Waals surface area contributed by atoms with Crippen LogP contribution in [-0.4, -0.2) is 9.97 Å². The number of aromatic nitrogens is 2. The molecule has 0 saturated carbocycles. The second-order valence-corrected chi connectivity index (χ2v) is 8.88. The third kappa shape index (κ3) is 3.37. The van der Waals surface area contributed by atoms with E-state index in [-0.39, 0.29) is 0 Å². The highest BCUT2D eigenvalue weighted by atomic mass is 79.9. The van der Waals surface area contributed by atoms with Crippen LogP contribution in [0.25, 0.3) is 21.3 Å². The van der Waals surface area contributed by atoms with Crippen molar-refractivity contribution in [3.8, 4) is 11.1 Å². The molecule has 0 atom stereocenters. The first kappa shape index (κ1) is 18.1. The lowest BCUT2D eigenvalue weighted by atomic mass is 9.99. The van der Waals surface area contributed by atoms with E-state index < -0.39 is 0 Å². The lowest BCUT2D eigenvalue weighted by Gasteiger charge is -2.11. The molecule has 1 N–H and O–H groups in total. The van der Waals surface area contributed by atoms with Crippen molar-refractivity contribution in [2.45, 2.75) is 27.7 Å². The maximum atomic E-state index is 4.56. The fourth-order valence-electron chi connectivity index (χ4n) is 3.19. The average Bonchev–Trinajstić information content (AvgIpc) is 2.97. The molecule has 0 aliphatic heterocycles. The largest absolute Gasteiger partial charge is 0.340 e. The van der Waals surface area contributed by atoms with Crippen LogP contribution in [0, 0.1) is 27.7 Å². The summed E-state index contributed by atoms with van der Waals surface area (Å²) in [5, 5.41) is 4.57. The van der Waals surface area contributed by atoms with E-state index >= 15 is 0 Å². The Morgan fingerprint density at radius 2 is 1.67 bits per heavy atom. The van der Waals surface area contributed by atoms with Gasteiger partial charge in [-0.15, -0.1) is 11.3 Å². The topological polar surface area (TPSA) is 37.8 Å². The highest BCUT2D eigenvalue weighted by Crippen LogP contribution is 2.41. The summed E-state index contributed by atoms with van der Waals surface area (Å²) in [5.41, 5.74) is 7.23. The average molecular weight is 438 g/mol. The van der Waals surface area contributed by atoms with Crippen LogP contribution in [0.5, 0.6) is 0 Å². The predicted octanol–water partition coefficient (Wildman–Crippen LogP) is 7.10. The van der Waals surface area contributed by atoms with Gasteiger partial charge in [0.2, 0.25) is 0 Å². The van der Waals surface area contributed by atoms with Crippen molar-refractivity contribution < 1.29 is 0 Å². The SMILES string of the molecule is Cc1ccc(-c2c(C)sc3ncnc(Nc4ccc(C)c(Br)c4)c23)cc1C. The first-order chi connectivity index (χ1) is 12.9. The van der Waals surface area contributed by atoms with Gasteiger partial charge < -0.3 is 5.32 Å². The second-order valence-electron chi connectivity index (χ2n) is 6.82. The van der Waals surface area contributed by atoms with Gasteiger partial charge in [0.15, 0.2) is 0 Å². The van der Waals surface area contributed by atoms with Crippen molar-refractivity contribution in [3.63, 3.8) is 0 Å². The predicted molar refractivity (Wildman–Crippen MR) is 119 cm³/mol. The van der Waals surface area contributed by atoms with Crippen molar-refractivity contribution in [3.05, 3.63) is 68.8 Å². The molecule has 27 heavy (non-hydrogen) atoms. The van der Waals surface area contributed by atoms with Crippen LogP contribution in [0.2, 0.25) is 0 Å². The van der Waals surface area contributed by atoms with Crippen LogP contribution < -0.4 is 5.32 Å². The summed E-state index contributed by atoms with van der Waals surface area (Å²) in [6, 6.07) is 12.9. The Morgan fingerprint density at radius 1 is 0.889 bits per heavy atom. The van der Waals surface area contributed by atoms with E-state index in [9.17, 15) is 0 Å². The molecule has 2 heterocycles. The normalized spacial score (nSPS) is 11.1. The molecular formula is C22H20BrN3S. The summed E-state index contributed by atoms with van der Waals surface area (Å²) in [7, 11) is 0. The minimum atomic E-state index is 0.841. The Kier molecular flexibility index (Phi) is 4.74. The number of fused-ring (bicyclic) bond motifs is 1. The van der Waals surface area contributed by atoms with Gasteiger partial charge in [0.05, 0.1) is 5.39 Å². The van der Waals surface area contributed by atoms with E-state index in [0.717, 1.165) is 26.2 Å². The number of rotatable bonds is 3. The molecule has 2 aromatic heterocycles. The fraction of sp³-hybridized carbons (Fsp3) is 0.182. The molecule has 0 radical (unpaired) electrons. The first-order valence-electron chi connectivity index (χ1n) is 8.79. The van der Waals surface area contributed by atoms with Gasteiger partial charge in [-0.2, -0.15) is 0 Å². The summed E-state index contributed by atoms with van der Waals surface area (Å²) in [4.78, 5) is 11.3. The zero-order valence-electron chi connectivity index (χ0n) is 15.7. The Balaban J connectivity index is 1.89. The van der Waals surface area contributed by atoms with Crippen LogP contribution in [0.15, 0.2) is 47.2 Å². The molecule has 4 aromatic rings. The zero-order valence-corrected chi connectivity index (χ0v) is 18.1. The van der Waals surface area contributed by atoms with Gasteiger partial charge in [0.25, 0.3) is 0 Å². The summed E-state index contributed by atoms with van der Waals surface area (Å²) < 4.78 is 1.08. The number of hydrogen-bond acceptors (Lipinski definition) is 4. The number of anilines is 2. The molecule has 5 heteroatoms. The molecule has 4 rings (SSSR count). The lowest BCUT2D eigenvalue weighted by molar-refractivity contribution is 1.23. The molecule has 0 unspecified atom stereocenters. The van der Waals surface area contributed by atoms with Gasteiger partial charge in [-0.25, -0.2) is 9.97 Å². The molecule has 136 valence electrons. The van der Waals surface area contributed by atoms with Gasteiger partial charge in [-0.1, -0.05) is 40.2 Å². The van der Waals surface area contributed by atoms with E-state index in [1.807, 2.05) is 0 Å². The quantitative estimate of drug-likeness (QED) is 0.371. The summed E-state index contributed by atoms with van der Waals surface area (Å²) in [6.07, 6.45) is 1.63. The lowest BCUT2D eigenvalue weighted by Crippen LogP contribution is -1.96. The molecule has 0 aliphatic rings. The number of thiophene rings is 1. The Labute approximate surface area is 171 Å². The smallest absolute Gasteiger partial charge is 0.143 e. The van der Waals surface area contributed by atoms with E-state index in [1.165, 1.54) is 32.7 Å². The molecule has 0 fully saturated rings. The van der Waals surface area contributed by atoms with Crippen molar-refractivity contribution >= 4 is 49.0 Å². The Bertz CT molecular complexity index is 1160. The molecule has 0 amide bonds. The minimum absolute atomic E-state index is 0.841. The van der Waals surface area contributed by atoms with E-state index in [0.29, 0.717) is 0 Å². The van der Waals surface area contributed by atoms with Crippen LogP contribution in [-0.2, 0) is 0 Å². The molecule has 0 spiro atoms. The third-order valence-electron chi connectivity index (χ3n) is 4.89. The van der Waals surface area contributed by atoms with E-state index in [4.69, 9.17) is 0 Å². The van der Waals surface area contributed by atoms with Crippen LogP contribution in [0.3, 0.4) is 0 Å². The second kappa shape index (κ2) is 7.06. The molecule has 0 aliphatic carbocycles. The monoisotopic (exact) mass is 437 g/mol. The standard InChI is InChI=1S/C22H20BrN3S/c1-12-5-7-16(9-14(12)3)19-15(4)27-22-20(19)21(24-11-25-22)26-17-8-6-13(2)18(23)10-17/h5-11H,1-4H3,(H,24,25,26). The first-order valence-corrected chi connectivity index (χ1v) is 10.4. The molecule has 0 saturated heterocycles. The number of benzene rings is 2. The van der Waals surface area contributed by atoms with Gasteiger partial charge in [0, 0.05) is 20.6 Å². The highest BCUT2D eigenvalue weighted by Gasteiger charge is 2.17. The van der Waals surface area contributed by atoms with Crippen LogP contribution >= 0.6 is 27.3 Å². The van der Waals surface area contributed by atoms with Gasteiger partial charge >= 0.3 is 0 Å². The number of halogens is 1. The summed E-state index contributed by atoms with van der Waals surface area (Å²) in [6.45, 7) is 8.53. The highest BCUT2D eigenvalue weighted by molar-refractivity contribution is 9.10. The fourth-order valence-corrected chi connectivity index (χ4v) is 4.58. The summed E-state index contributed by atoms with van der Waals surface area (Å²) in [5.74, 6) is 0.841. The zero-order chi connectivity index (χ0) is 19.1. The van der Waals surface area contributed by atoms with Crippen LogP contribution in [0.1, 0.15) is 21.6 Å². The van der Waals surface area contributed by atoms with E-state index in [2.05, 4.69) is 95.3 Å². The summed E-state index contributed by atoms with van der Waals surface area (Å²) >= 11 is 5.32. The van der Waals surface area contributed by atoms with Gasteiger partial charge in [0.1, 0.15) is 17.0 Å². The van der Waals surface area contributed by atoms with Crippen LogP contribution in [0.4, 0.5) is 11.5 Å². The van der Waals surface area contributed by atoms with Crippen molar-refractivity contribution in [2.75, 3.05) is 5.32 Å². The van der Waals surface area contributed by atoms with Crippen molar-refractivity contribution in [1.82, 2.24) is 9.97 Å². The minimum Gasteiger partial charge on any atom is -0.340 e. The maximum absolute atomic E-state index is 4.56. The van der Waals surface area contributed by atoms with Gasteiger partial charge in [-0.05, 0) is 62.1 Å². The van der Waals surface area contributed by atoms with Gasteiger partial charge in [-0.3, -0.25) is 0 Å². The maximum Gasteiger partial charge on any atom is 0.143 e. The number of aryl methyl sites for hydroxylation is 4. The van der Waals surface area contributed by atoms with Crippen molar-refractivity contribution in [1.29, 1.82) is 0 Å². The molecule has 3 nitrogen and oxygen atoms in total. The number of hydrogen-bond donors (Lipinski definition) is 1. The molecular weight excluding hydrogens is 418 g/mol. The van der Waals surface area contributed by atoms with Crippen molar-refractivity contribution in [2.24, 2.45) is 0 Å². The number of nitrogens with one attached hydrogen (secondary N) is 1. The van der Waals surface area contributed by atoms with E-state index in [1.54, 1.807) is 17.7 Å². The Hall–Kier alpha value is -2.24. The molecule has 2 aromatic carbocycles. The number of nitrogens with zero attached hydrogens (tertiary/aromatic N) is 2.